The van der Waals surface area contributed by atoms with E-state index in [0.29, 0.717) is 5.82 Å². The first-order chi connectivity index (χ1) is 11.1. The van der Waals surface area contributed by atoms with E-state index >= 15 is 0 Å². The van der Waals surface area contributed by atoms with Crippen LogP contribution in [0.5, 0.6) is 0 Å². The first kappa shape index (κ1) is 14.8. The summed E-state index contributed by atoms with van der Waals surface area (Å²) in [6.45, 7) is 4.70. The molecular formula is C16H18N6O. The molecule has 2 aromatic heterocycles. The van der Waals surface area contributed by atoms with E-state index in [2.05, 4.69) is 15.5 Å². The zero-order valence-corrected chi connectivity index (χ0v) is 13.0. The lowest BCUT2D eigenvalue weighted by Gasteiger charge is -2.07. The average molecular weight is 310 g/mol. The molecular weight excluding hydrogens is 292 g/mol. The van der Waals surface area contributed by atoms with E-state index in [0.717, 1.165) is 29.1 Å². The van der Waals surface area contributed by atoms with Crippen LogP contribution in [0, 0.1) is 6.92 Å². The largest absolute Gasteiger partial charge is 0.351 e. The van der Waals surface area contributed by atoms with E-state index in [4.69, 9.17) is 5.73 Å². The number of hydrogen-bond donors (Lipinski definition) is 2. The molecule has 0 fully saturated rings. The molecule has 0 aliphatic rings. The van der Waals surface area contributed by atoms with Crippen LogP contribution in [0.15, 0.2) is 42.7 Å². The molecule has 0 spiro atoms. The average Bonchev–Trinajstić information content (AvgIpc) is 3.14. The van der Waals surface area contributed by atoms with Gasteiger partial charge in [-0.25, -0.2) is 9.48 Å². The summed E-state index contributed by atoms with van der Waals surface area (Å²) < 4.78 is 3.51. The molecule has 0 aliphatic carbocycles. The molecule has 0 aliphatic heterocycles. The summed E-state index contributed by atoms with van der Waals surface area (Å²) in [7, 11) is 0. The van der Waals surface area contributed by atoms with Gasteiger partial charge in [0, 0.05) is 23.9 Å². The smallest absolute Gasteiger partial charge is 0.317 e. The van der Waals surface area contributed by atoms with Gasteiger partial charge in [0.25, 0.3) is 0 Å². The maximum Gasteiger partial charge on any atom is 0.317 e. The van der Waals surface area contributed by atoms with Crippen LogP contribution < -0.4 is 11.1 Å². The zero-order valence-electron chi connectivity index (χ0n) is 13.0. The fourth-order valence-corrected chi connectivity index (χ4v) is 2.45. The number of carbonyl (C=O) groups is 1. The highest BCUT2D eigenvalue weighted by Gasteiger charge is 2.19. The Morgan fingerprint density at radius 3 is 2.65 bits per heavy atom. The molecule has 0 radical (unpaired) electrons. The summed E-state index contributed by atoms with van der Waals surface area (Å²) in [6.07, 6.45) is 3.70. The van der Waals surface area contributed by atoms with Gasteiger partial charge in [0.2, 0.25) is 0 Å². The number of hydrogen-bond acceptors (Lipinski definition) is 3. The van der Waals surface area contributed by atoms with Gasteiger partial charge in [-0.1, -0.05) is 18.2 Å². The monoisotopic (exact) mass is 310 g/mol. The Morgan fingerprint density at radius 2 is 2.04 bits per heavy atom. The van der Waals surface area contributed by atoms with Gasteiger partial charge in [0.05, 0.1) is 11.9 Å². The van der Waals surface area contributed by atoms with Crippen LogP contribution in [0.1, 0.15) is 12.5 Å². The van der Waals surface area contributed by atoms with Gasteiger partial charge in [0.15, 0.2) is 0 Å². The molecule has 3 aromatic rings. The topological polar surface area (TPSA) is 90.8 Å². The Kier molecular flexibility index (Phi) is 3.84. The molecule has 23 heavy (non-hydrogen) atoms. The predicted octanol–water partition coefficient (Wildman–Crippen LogP) is 2.55. The third-order valence-corrected chi connectivity index (χ3v) is 3.60. The Balaban J connectivity index is 2.15. The Hall–Kier alpha value is -3.09. The molecule has 0 bridgehead atoms. The van der Waals surface area contributed by atoms with Crippen molar-refractivity contribution >= 4 is 11.8 Å². The van der Waals surface area contributed by atoms with Crippen LogP contribution in [0.4, 0.5) is 10.6 Å². The number of rotatable bonds is 4. The molecule has 3 N–H and O–H groups in total. The number of nitrogens with one attached hydrogen (secondary N) is 1. The number of carbonyl (C=O) groups excluding carboxylic acids is 1. The lowest BCUT2D eigenvalue weighted by atomic mass is 10.1. The van der Waals surface area contributed by atoms with E-state index < -0.39 is 6.03 Å². The fourth-order valence-electron chi connectivity index (χ4n) is 2.45. The highest BCUT2D eigenvalue weighted by atomic mass is 16.2. The molecule has 0 atom stereocenters. The van der Waals surface area contributed by atoms with Crippen LogP contribution >= 0.6 is 0 Å². The van der Waals surface area contributed by atoms with Crippen molar-refractivity contribution in [2.24, 2.45) is 5.73 Å². The number of amides is 2. The number of anilines is 1. The van der Waals surface area contributed by atoms with Gasteiger partial charge in [-0.2, -0.15) is 10.2 Å². The van der Waals surface area contributed by atoms with E-state index in [-0.39, 0.29) is 0 Å². The molecule has 118 valence electrons. The number of benzene rings is 1. The van der Waals surface area contributed by atoms with Gasteiger partial charge < -0.3 is 5.73 Å². The van der Waals surface area contributed by atoms with Crippen molar-refractivity contribution in [1.82, 2.24) is 19.6 Å². The number of para-hydroxylation sites is 1. The summed E-state index contributed by atoms with van der Waals surface area (Å²) in [6, 6.07) is 8.95. The predicted molar refractivity (Wildman–Crippen MR) is 88.4 cm³/mol. The first-order valence-corrected chi connectivity index (χ1v) is 7.34. The Bertz CT molecular complexity index is 834. The van der Waals surface area contributed by atoms with Crippen molar-refractivity contribution in [2.75, 3.05) is 5.32 Å². The third-order valence-electron chi connectivity index (χ3n) is 3.60. The molecule has 0 unspecified atom stereocenters. The van der Waals surface area contributed by atoms with Gasteiger partial charge in [-0.15, -0.1) is 0 Å². The molecule has 0 saturated heterocycles. The molecule has 2 heterocycles. The normalized spacial score (nSPS) is 10.7. The lowest BCUT2D eigenvalue weighted by molar-refractivity contribution is 0.259. The van der Waals surface area contributed by atoms with Crippen LogP contribution in [0.2, 0.25) is 0 Å². The quantitative estimate of drug-likeness (QED) is 0.776. The highest BCUT2D eigenvalue weighted by Crippen LogP contribution is 2.30. The summed E-state index contributed by atoms with van der Waals surface area (Å²) in [5.74, 6) is 0.558. The number of urea groups is 1. The van der Waals surface area contributed by atoms with E-state index in [9.17, 15) is 4.79 Å². The Morgan fingerprint density at radius 1 is 1.30 bits per heavy atom. The Labute approximate surface area is 133 Å². The second kappa shape index (κ2) is 5.96. The minimum Gasteiger partial charge on any atom is -0.351 e. The van der Waals surface area contributed by atoms with Gasteiger partial charge in [0.1, 0.15) is 11.5 Å². The summed E-state index contributed by atoms with van der Waals surface area (Å²) >= 11 is 0. The number of nitrogens with zero attached hydrogens (tertiary/aromatic N) is 4. The van der Waals surface area contributed by atoms with Crippen LogP contribution in [0.3, 0.4) is 0 Å². The van der Waals surface area contributed by atoms with Crippen molar-refractivity contribution < 1.29 is 4.79 Å². The second-order valence-corrected chi connectivity index (χ2v) is 5.14. The van der Waals surface area contributed by atoms with Crippen molar-refractivity contribution in [1.29, 1.82) is 0 Å². The summed E-state index contributed by atoms with van der Waals surface area (Å²) in [5, 5.41) is 11.6. The number of aromatic nitrogens is 4. The third kappa shape index (κ3) is 2.80. The molecule has 3 rings (SSSR count). The van der Waals surface area contributed by atoms with Crippen molar-refractivity contribution in [3.05, 3.63) is 48.3 Å². The highest BCUT2D eigenvalue weighted by molar-refractivity contribution is 5.89. The lowest BCUT2D eigenvalue weighted by Crippen LogP contribution is -2.21. The summed E-state index contributed by atoms with van der Waals surface area (Å²) in [4.78, 5) is 11.4. The van der Waals surface area contributed by atoms with Crippen molar-refractivity contribution in [3.63, 3.8) is 0 Å². The van der Waals surface area contributed by atoms with Crippen molar-refractivity contribution in [3.8, 4) is 16.9 Å². The number of primary amides is 1. The minimum absolute atomic E-state index is 0.558. The zero-order chi connectivity index (χ0) is 16.4. The fraction of sp³-hybridized carbons (Fsp3) is 0.188. The van der Waals surface area contributed by atoms with Gasteiger partial charge in [-0.05, 0) is 26.0 Å². The number of aryl methyl sites for hydroxylation is 1. The first-order valence-electron chi connectivity index (χ1n) is 7.34. The molecule has 7 heteroatoms. The molecule has 1 aromatic carbocycles. The van der Waals surface area contributed by atoms with Crippen molar-refractivity contribution in [2.45, 2.75) is 20.4 Å². The molecule has 2 amide bonds. The van der Waals surface area contributed by atoms with E-state index in [1.54, 1.807) is 10.9 Å². The van der Waals surface area contributed by atoms with Gasteiger partial charge in [-0.3, -0.25) is 10.00 Å². The van der Waals surface area contributed by atoms with E-state index in [1.165, 1.54) is 0 Å². The van der Waals surface area contributed by atoms with Crippen LogP contribution in [-0.2, 0) is 6.54 Å². The standard InChI is InChI=1S/C16H18N6O/c1-3-21-10-12(9-18-21)14-11(2)15(19-16(17)23)22(20-14)13-7-5-4-6-8-13/h4-10H,3H2,1-2H3,(H3,17,19,23). The maximum atomic E-state index is 11.4. The molecule has 7 nitrogen and oxygen atoms in total. The van der Waals surface area contributed by atoms with Crippen LogP contribution in [-0.4, -0.2) is 25.6 Å². The second-order valence-electron chi connectivity index (χ2n) is 5.14. The minimum atomic E-state index is -0.624. The SMILES string of the molecule is CCn1cc(-c2nn(-c3ccccc3)c(NC(N)=O)c2C)cn1. The van der Waals surface area contributed by atoms with Gasteiger partial charge >= 0.3 is 6.03 Å². The van der Waals surface area contributed by atoms with E-state index in [1.807, 2.05) is 55.1 Å². The number of nitrogens with two attached hydrogens (primary N) is 1. The molecule has 0 saturated carbocycles. The maximum absolute atomic E-state index is 11.4. The van der Waals surface area contributed by atoms with Crippen LogP contribution in [0.25, 0.3) is 16.9 Å². The summed E-state index contributed by atoms with van der Waals surface area (Å²) in [5.41, 5.74) is 8.64.